The van der Waals surface area contributed by atoms with Crippen LogP contribution in [0.15, 0.2) is 12.4 Å². The molecule has 1 unspecified atom stereocenters. The SMILES string of the molecule is CC(CCC(=O)N1CCC[C@H](N(C)C)C1)N(/C=C\N)CC(F)F. The summed E-state index contributed by atoms with van der Waals surface area (Å²) < 4.78 is 25.2. The number of hydrogen-bond donors (Lipinski definition) is 1. The topological polar surface area (TPSA) is 52.8 Å². The van der Waals surface area contributed by atoms with E-state index in [-0.39, 0.29) is 18.5 Å². The molecule has 23 heavy (non-hydrogen) atoms. The summed E-state index contributed by atoms with van der Waals surface area (Å²) in [5.41, 5.74) is 5.31. The lowest BCUT2D eigenvalue weighted by Gasteiger charge is -2.36. The Hall–Kier alpha value is -1.37. The van der Waals surface area contributed by atoms with E-state index in [4.69, 9.17) is 5.73 Å². The first-order valence-corrected chi connectivity index (χ1v) is 8.21. The zero-order chi connectivity index (χ0) is 17.4. The molecule has 0 aliphatic carbocycles. The number of piperidine rings is 1. The van der Waals surface area contributed by atoms with Crippen LogP contribution in [0, 0.1) is 0 Å². The van der Waals surface area contributed by atoms with Crippen molar-refractivity contribution in [3.05, 3.63) is 12.4 Å². The van der Waals surface area contributed by atoms with E-state index < -0.39 is 6.43 Å². The second-order valence-corrected chi connectivity index (χ2v) is 6.42. The summed E-state index contributed by atoms with van der Waals surface area (Å²) in [6.07, 6.45) is 3.33. The molecule has 1 aliphatic heterocycles. The molecule has 1 aliphatic rings. The number of hydrogen-bond acceptors (Lipinski definition) is 4. The van der Waals surface area contributed by atoms with E-state index in [1.165, 1.54) is 17.3 Å². The van der Waals surface area contributed by atoms with Gasteiger partial charge in [0.05, 0.1) is 6.54 Å². The van der Waals surface area contributed by atoms with Gasteiger partial charge in [-0.3, -0.25) is 4.79 Å². The van der Waals surface area contributed by atoms with Gasteiger partial charge in [0.15, 0.2) is 0 Å². The Balaban J connectivity index is 2.47. The van der Waals surface area contributed by atoms with Gasteiger partial charge in [-0.15, -0.1) is 0 Å². The summed E-state index contributed by atoms with van der Waals surface area (Å²) in [4.78, 5) is 17.9. The van der Waals surface area contributed by atoms with Crippen LogP contribution in [0.1, 0.15) is 32.6 Å². The van der Waals surface area contributed by atoms with E-state index in [0.717, 1.165) is 25.9 Å². The molecule has 1 rings (SSSR count). The average molecular weight is 332 g/mol. The number of nitrogens with two attached hydrogens (primary N) is 1. The molecule has 0 aromatic heterocycles. The maximum atomic E-state index is 12.6. The minimum absolute atomic E-state index is 0.108. The minimum Gasteiger partial charge on any atom is -0.403 e. The van der Waals surface area contributed by atoms with Gasteiger partial charge < -0.3 is 20.4 Å². The standard InChI is InChI=1S/C16H30F2N4O/c1-13(21(10-8-19)12-15(17)18)6-7-16(23)22-9-4-5-14(11-22)20(2)3/h8,10,13-15H,4-7,9,11-12,19H2,1-3H3/b10-8-/t13?,14-/m0/s1. The molecule has 2 atom stereocenters. The van der Waals surface area contributed by atoms with Gasteiger partial charge in [-0.1, -0.05) is 0 Å². The van der Waals surface area contributed by atoms with Crippen LogP contribution in [-0.2, 0) is 4.79 Å². The molecule has 1 fully saturated rings. The van der Waals surface area contributed by atoms with Gasteiger partial charge in [0.2, 0.25) is 5.91 Å². The number of alkyl halides is 2. The largest absolute Gasteiger partial charge is 0.403 e. The zero-order valence-electron chi connectivity index (χ0n) is 14.4. The van der Waals surface area contributed by atoms with Gasteiger partial charge in [0.1, 0.15) is 0 Å². The van der Waals surface area contributed by atoms with Crippen molar-refractivity contribution in [2.75, 3.05) is 33.7 Å². The molecule has 1 heterocycles. The van der Waals surface area contributed by atoms with Gasteiger partial charge >= 0.3 is 0 Å². The highest BCUT2D eigenvalue weighted by Gasteiger charge is 2.25. The lowest BCUT2D eigenvalue weighted by atomic mass is 10.0. The Bertz CT molecular complexity index is 390. The fraction of sp³-hybridized carbons (Fsp3) is 0.812. The first-order valence-electron chi connectivity index (χ1n) is 8.21. The highest BCUT2D eigenvalue weighted by atomic mass is 19.3. The predicted molar refractivity (Wildman–Crippen MR) is 88.0 cm³/mol. The summed E-state index contributed by atoms with van der Waals surface area (Å²) >= 11 is 0. The molecular weight excluding hydrogens is 302 g/mol. The van der Waals surface area contributed by atoms with Crippen molar-refractivity contribution >= 4 is 5.91 Å². The normalized spacial score (nSPS) is 20.5. The third kappa shape index (κ3) is 6.72. The zero-order valence-corrected chi connectivity index (χ0v) is 14.4. The average Bonchev–Trinajstić information content (AvgIpc) is 2.51. The first kappa shape index (κ1) is 19.7. The van der Waals surface area contributed by atoms with E-state index >= 15 is 0 Å². The van der Waals surface area contributed by atoms with E-state index in [1.807, 2.05) is 25.9 Å². The van der Waals surface area contributed by atoms with Gasteiger partial charge in [-0.25, -0.2) is 8.78 Å². The quantitative estimate of drug-likeness (QED) is 0.735. The number of rotatable bonds is 8. The number of amides is 1. The monoisotopic (exact) mass is 332 g/mol. The van der Waals surface area contributed by atoms with Crippen molar-refractivity contribution in [3.63, 3.8) is 0 Å². The van der Waals surface area contributed by atoms with Gasteiger partial charge in [0, 0.05) is 44.0 Å². The number of carbonyl (C=O) groups excluding carboxylic acids is 1. The summed E-state index contributed by atoms with van der Waals surface area (Å²) in [7, 11) is 4.06. The molecule has 2 N–H and O–H groups in total. The van der Waals surface area contributed by atoms with Crippen LogP contribution >= 0.6 is 0 Å². The van der Waals surface area contributed by atoms with Crippen LogP contribution in [0.4, 0.5) is 8.78 Å². The highest BCUT2D eigenvalue weighted by molar-refractivity contribution is 5.76. The van der Waals surface area contributed by atoms with Crippen molar-refractivity contribution in [3.8, 4) is 0 Å². The molecule has 7 heteroatoms. The summed E-state index contributed by atoms with van der Waals surface area (Å²) in [5, 5.41) is 0. The molecule has 134 valence electrons. The fourth-order valence-electron chi connectivity index (χ4n) is 2.92. The van der Waals surface area contributed by atoms with Crippen LogP contribution in [-0.4, -0.2) is 72.8 Å². The van der Waals surface area contributed by atoms with E-state index in [9.17, 15) is 13.6 Å². The van der Waals surface area contributed by atoms with Crippen molar-refractivity contribution in [1.82, 2.24) is 14.7 Å². The Morgan fingerprint density at radius 2 is 2.13 bits per heavy atom. The molecule has 0 saturated carbocycles. The van der Waals surface area contributed by atoms with Gasteiger partial charge in [-0.05, 0) is 40.3 Å². The summed E-state index contributed by atoms with van der Waals surface area (Å²) in [6, 6.07) is 0.253. The van der Waals surface area contributed by atoms with Crippen LogP contribution in [0.25, 0.3) is 0 Å². The van der Waals surface area contributed by atoms with Crippen LogP contribution < -0.4 is 5.73 Å². The third-order valence-electron chi connectivity index (χ3n) is 4.45. The molecule has 1 amide bonds. The van der Waals surface area contributed by atoms with E-state index in [2.05, 4.69) is 4.90 Å². The van der Waals surface area contributed by atoms with Crippen molar-refractivity contribution in [2.24, 2.45) is 5.73 Å². The van der Waals surface area contributed by atoms with Crippen molar-refractivity contribution in [2.45, 2.75) is 51.1 Å². The Morgan fingerprint density at radius 1 is 1.43 bits per heavy atom. The van der Waals surface area contributed by atoms with E-state index in [0.29, 0.717) is 18.9 Å². The van der Waals surface area contributed by atoms with Crippen LogP contribution in [0.5, 0.6) is 0 Å². The first-order chi connectivity index (χ1) is 10.8. The number of carbonyl (C=O) groups is 1. The molecule has 5 nitrogen and oxygen atoms in total. The molecule has 0 radical (unpaired) electrons. The molecular formula is C16H30F2N4O. The molecule has 0 aromatic carbocycles. The number of nitrogens with zero attached hydrogens (tertiary/aromatic N) is 3. The van der Waals surface area contributed by atoms with Crippen LogP contribution in [0.2, 0.25) is 0 Å². The van der Waals surface area contributed by atoms with E-state index in [1.54, 1.807) is 0 Å². The molecule has 0 spiro atoms. The van der Waals surface area contributed by atoms with Gasteiger partial charge in [-0.2, -0.15) is 0 Å². The third-order valence-corrected chi connectivity index (χ3v) is 4.45. The molecule has 1 saturated heterocycles. The van der Waals surface area contributed by atoms with Crippen molar-refractivity contribution in [1.29, 1.82) is 0 Å². The maximum absolute atomic E-state index is 12.6. The van der Waals surface area contributed by atoms with Crippen LogP contribution in [0.3, 0.4) is 0 Å². The summed E-state index contributed by atoms with van der Waals surface area (Å²) in [6.45, 7) is 3.02. The Morgan fingerprint density at radius 3 is 2.70 bits per heavy atom. The number of halogens is 2. The Labute approximate surface area is 138 Å². The van der Waals surface area contributed by atoms with Crippen molar-refractivity contribution < 1.29 is 13.6 Å². The lowest BCUT2D eigenvalue weighted by molar-refractivity contribution is -0.133. The fourth-order valence-corrected chi connectivity index (χ4v) is 2.92. The lowest BCUT2D eigenvalue weighted by Crippen LogP contribution is -2.47. The number of likely N-dealkylation sites (tertiary alicyclic amines) is 1. The van der Waals surface area contributed by atoms with Gasteiger partial charge in [0.25, 0.3) is 6.43 Å². The smallest absolute Gasteiger partial charge is 0.255 e. The minimum atomic E-state index is -2.42. The predicted octanol–water partition coefficient (Wildman–Crippen LogP) is 1.70. The Kier molecular flexibility index (Phi) is 8.30. The highest BCUT2D eigenvalue weighted by Crippen LogP contribution is 2.16. The second kappa shape index (κ2) is 9.70. The molecule has 0 bridgehead atoms. The summed E-state index contributed by atoms with van der Waals surface area (Å²) in [5.74, 6) is 0.108. The number of likely N-dealkylation sites (N-methyl/N-ethyl adjacent to an activating group) is 1. The second-order valence-electron chi connectivity index (χ2n) is 6.42. The maximum Gasteiger partial charge on any atom is 0.255 e. The molecule has 0 aromatic rings.